The Morgan fingerprint density at radius 2 is 2.33 bits per heavy atom. The molecule has 0 aliphatic carbocycles. The van der Waals surface area contributed by atoms with Crippen LogP contribution in [-0.4, -0.2) is 10.2 Å². The quantitative estimate of drug-likeness (QED) is 0.266. The number of rotatable bonds is 4. The van der Waals surface area contributed by atoms with Crippen molar-refractivity contribution in [2.24, 2.45) is 5.11 Å². The number of nitrogens with zero attached hydrogens (tertiary/aromatic N) is 1. The summed E-state index contributed by atoms with van der Waals surface area (Å²) >= 11 is -0.719. The van der Waals surface area contributed by atoms with Gasteiger partial charge in [-0.1, -0.05) is 0 Å². The SMILES string of the molecule is N=N[CH-]C(=O)CI=N.[Zn]. The average molecular weight is 291 g/mol. The summed E-state index contributed by atoms with van der Waals surface area (Å²) in [6.45, 7) is 0.939. The topological polar surface area (TPSA) is 77.1 Å². The molecule has 0 radical (unpaired) electrons. The number of ketones is 1. The standard InChI is InChI=1S/C3H5IN3O.Zn/c5-4-1-3(8)2-7-6;/h2,5-6H,1H2;/q-1;. The summed E-state index contributed by atoms with van der Waals surface area (Å²) in [5.74, 6) is -0.206. The Labute approximate surface area is 76.0 Å². The molecule has 0 bridgehead atoms. The second-order valence-corrected chi connectivity index (χ2v) is 2.52. The maximum absolute atomic E-state index is 10.3. The zero-order valence-electron chi connectivity index (χ0n) is 4.72. The van der Waals surface area contributed by atoms with E-state index in [-0.39, 0.29) is 29.7 Å². The molecule has 6 heteroatoms. The predicted molar refractivity (Wildman–Crippen MR) is 36.1 cm³/mol. The zero-order valence-corrected chi connectivity index (χ0v) is 9.85. The maximum Gasteiger partial charge on any atom is 0.0428 e. The summed E-state index contributed by atoms with van der Waals surface area (Å²) in [5.41, 5.74) is 6.21. The minimum atomic E-state index is -0.719. The van der Waals surface area contributed by atoms with E-state index in [0.29, 0.717) is 0 Å². The molecule has 0 amide bonds. The monoisotopic (exact) mass is 290 g/mol. The fourth-order valence-electron chi connectivity index (χ4n) is 0.172. The minimum absolute atomic E-state index is 0. The van der Waals surface area contributed by atoms with Crippen LogP contribution in [0.4, 0.5) is 0 Å². The molecule has 0 aromatic carbocycles. The number of nitrogens with one attached hydrogen (secondary N) is 2. The number of hydrogen-bond donors (Lipinski definition) is 2. The second-order valence-electron chi connectivity index (χ2n) is 0.992. The van der Waals surface area contributed by atoms with Gasteiger partial charge >= 0.3 is 0 Å². The fourth-order valence-corrected chi connectivity index (χ4v) is 0.745. The smallest absolute Gasteiger partial charge is 0.0428 e. The average Bonchev–Trinajstić information content (AvgIpc) is 1.68. The first-order valence-corrected chi connectivity index (χ1v) is 4.39. The first-order chi connectivity index (χ1) is 3.81. The van der Waals surface area contributed by atoms with Crippen LogP contribution in [0.15, 0.2) is 5.11 Å². The second kappa shape index (κ2) is 8.29. The molecule has 48 valence electrons. The Morgan fingerprint density at radius 3 is 2.67 bits per heavy atom. The molecule has 0 unspecified atom stereocenters. The first-order valence-electron chi connectivity index (χ1n) is 1.78. The van der Waals surface area contributed by atoms with Crippen molar-refractivity contribution in [1.82, 2.24) is 0 Å². The van der Waals surface area contributed by atoms with Gasteiger partial charge < -0.3 is 9.91 Å². The van der Waals surface area contributed by atoms with Crippen molar-refractivity contribution in [2.45, 2.75) is 0 Å². The van der Waals surface area contributed by atoms with Crippen LogP contribution >= 0.6 is 21.0 Å². The van der Waals surface area contributed by atoms with Crippen LogP contribution in [0, 0.1) is 15.6 Å². The zero-order chi connectivity index (χ0) is 6.41. The van der Waals surface area contributed by atoms with Crippen molar-refractivity contribution < 1.29 is 24.3 Å². The Bertz CT molecular complexity index is 106. The molecule has 0 fully saturated rings. The van der Waals surface area contributed by atoms with Gasteiger partial charge in [-0.25, -0.2) is 5.53 Å². The van der Waals surface area contributed by atoms with E-state index in [9.17, 15) is 4.79 Å². The molecule has 0 rings (SSSR count). The molecule has 0 aromatic rings. The summed E-state index contributed by atoms with van der Waals surface area (Å²) in [6.07, 6.45) is 0. The van der Waals surface area contributed by atoms with Crippen molar-refractivity contribution in [3.05, 3.63) is 6.54 Å². The van der Waals surface area contributed by atoms with Gasteiger partial charge in [0.15, 0.2) is 0 Å². The van der Waals surface area contributed by atoms with Gasteiger partial charge in [0, 0.05) is 29.7 Å². The molecule has 0 heterocycles. The number of carbonyl (C=O) groups is 1. The molecule has 2 N–H and O–H groups in total. The van der Waals surface area contributed by atoms with Crippen LogP contribution in [0.5, 0.6) is 0 Å². The number of alkyl halides is 1. The van der Waals surface area contributed by atoms with Crippen LogP contribution in [0.3, 0.4) is 0 Å². The van der Waals surface area contributed by atoms with Crippen LogP contribution < -0.4 is 0 Å². The third kappa shape index (κ3) is 8.29. The van der Waals surface area contributed by atoms with Crippen LogP contribution in [-0.2, 0) is 24.3 Å². The van der Waals surface area contributed by atoms with E-state index in [0.717, 1.165) is 6.54 Å². The third-order valence-electron chi connectivity index (χ3n) is 0.407. The Kier molecular flexibility index (Phi) is 11.1. The summed E-state index contributed by atoms with van der Waals surface area (Å²) in [6, 6.07) is 0. The van der Waals surface area contributed by atoms with Crippen LogP contribution in [0.2, 0.25) is 0 Å². The molecule has 0 spiro atoms. The largest absolute Gasteiger partial charge is 0.352 e. The van der Waals surface area contributed by atoms with Gasteiger partial charge in [0.05, 0.1) is 0 Å². The molecule has 0 saturated carbocycles. The van der Waals surface area contributed by atoms with Gasteiger partial charge in [0.25, 0.3) is 0 Å². The maximum atomic E-state index is 10.3. The van der Waals surface area contributed by atoms with E-state index >= 15 is 0 Å². The van der Waals surface area contributed by atoms with E-state index < -0.39 is 21.0 Å². The molecule has 0 aliphatic rings. The van der Waals surface area contributed by atoms with Crippen molar-refractivity contribution in [3.63, 3.8) is 0 Å². The normalized spacial score (nSPS) is 7.11. The van der Waals surface area contributed by atoms with E-state index in [2.05, 4.69) is 5.11 Å². The van der Waals surface area contributed by atoms with E-state index in [1.807, 2.05) is 0 Å². The van der Waals surface area contributed by atoms with Crippen molar-refractivity contribution in [3.8, 4) is 0 Å². The Hall–Kier alpha value is 0.293. The molecule has 9 heavy (non-hydrogen) atoms. The summed E-state index contributed by atoms with van der Waals surface area (Å²) < 4.78 is 6.96. The van der Waals surface area contributed by atoms with Gasteiger partial charge in [-0.15, -0.1) is 0 Å². The molecule has 0 saturated heterocycles. The van der Waals surface area contributed by atoms with Gasteiger partial charge in [-0.05, 0) is 21.0 Å². The number of carbonyl (C=O) groups excluding carboxylic acids is 1. The van der Waals surface area contributed by atoms with Crippen LogP contribution in [0.1, 0.15) is 0 Å². The molecule has 0 aromatic heterocycles. The summed E-state index contributed by atoms with van der Waals surface area (Å²) in [5, 5.41) is 2.76. The predicted octanol–water partition coefficient (Wildman–Crippen LogP) is 1.48. The van der Waals surface area contributed by atoms with E-state index in [1.165, 1.54) is 0 Å². The number of halogens is 1. The fraction of sp³-hybridized carbons (Fsp3) is 0.333. The van der Waals surface area contributed by atoms with Crippen molar-refractivity contribution in [2.75, 3.05) is 4.43 Å². The molecule has 0 aliphatic heterocycles. The molecule has 4 nitrogen and oxygen atoms in total. The van der Waals surface area contributed by atoms with Gasteiger partial charge in [-0.2, -0.15) is 6.54 Å². The minimum Gasteiger partial charge on any atom is -0.352 e. The molecule has 0 atom stereocenters. The third-order valence-corrected chi connectivity index (χ3v) is 1.54. The number of hydrogen-bond acceptors (Lipinski definition) is 4. The summed E-state index contributed by atoms with van der Waals surface area (Å²) in [4.78, 5) is 10.3. The molecular weight excluding hydrogens is 286 g/mol. The van der Waals surface area contributed by atoms with Crippen LogP contribution in [0.25, 0.3) is 0 Å². The van der Waals surface area contributed by atoms with Gasteiger partial charge in [0.1, 0.15) is 0 Å². The first kappa shape index (κ1) is 12.0. The van der Waals surface area contributed by atoms with Crippen molar-refractivity contribution in [1.29, 1.82) is 9.09 Å². The summed E-state index contributed by atoms with van der Waals surface area (Å²) in [7, 11) is 0. The molecular formula is C3H5IN3OZn-. The van der Waals surface area contributed by atoms with Gasteiger partial charge in [-0.3, -0.25) is 3.56 Å². The van der Waals surface area contributed by atoms with Gasteiger partial charge in [0.2, 0.25) is 0 Å². The number of Topliss-reactive ketones (excluding diaryl/α,β-unsaturated/α-hetero) is 1. The van der Waals surface area contributed by atoms with E-state index in [4.69, 9.17) is 9.09 Å². The van der Waals surface area contributed by atoms with E-state index in [1.54, 1.807) is 0 Å². The van der Waals surface area contributed by atoms with Crippen molar-refractivity contribution >= 4 is 26.8 Å². The Balaban J connectivity index is 0. The Morgan fingerprint density at radius 1 is 1.78 bits per heavy atom.